The highest BCUT2D eigenvalue weighted by atomic mass is 15.2. The Kier molecular flexibility index (Phi) is 5.04. The topological polar surface area (TPSA) is 55.0 Å². The second-order valence-electron chi connectivity index (χ2n) is 3.59. The van der Waals surface area contributed by atoms with Crippen molar-refractivity contribution in [1.82, 2.24) is 9.97 Å². The maximum absolute atomic E-state index is 5.60. The van der Waals surface area contributed by atoms with Gasteiger partial charge in [-0.3, -0.25) is 4.98 Å². The summed E-state index contributed by atoms with van der Waals surface area (Å²) in [4.78, 5) is 10.8. The van der Waals surface area contributed by atoms with E-state index in [0.29, 0.717) is 6.54 Å². The van der Waals surface area contributed by atoms with Crippen LogP contribution in [-0.4, -0.2) is 29.6 Å². The monoisotopic (exact) mass is 208 g/mol. The summed E-state index contributed by atoms with van der Waals surface area (Å²) in [6, 6.07) is 0. The van der Waals surface area contributed by atoms with E-state index in [-0.39, 0.29) is 0 Å². The minimum atomic E-state index is 0.653. The van der Waals surface area contributed by atoms with E-state index >= 15 is 0 Å². The van der Waals surface area contributed by atoms with Crippen molar-refractivity contribution in [3.8, 4) is 0 Å². The number of aromatic nitrogens is 2. The van der Waals surface area contributed by atoms with Gasteiger partial charge in [0.25, 0.3) is 0 Å². The number of rotatable bonds is 6. The van der Waals surface area contributed by atoms with Crippen molar-refractivity contribution in [1.29, 1.82) is 0 Å². The van der Waals surface area contributed by atoms with Crippen LogP contribution in [0.4, 0.5) is 5.82 Å². The lowest BCUT2D eigenvalue weighted by Gasteiger charge is -2.23. The van der Waals surface area contributed by atoms with Gasteiger partial charge in [-0.1, -0.05) is 13.3 Å². The molecule has 0 amide bonds. The van der Waals surface area contributed by atoms with Crippen molar-refractivity contribution in [3.63, 3.8) is 0 Å². The molecule has 0 bridgehead atoms. The fourth-order valence-electron chi connectivity index (χ4n) is 1.54. The Labute approximate surface area is 91.5 Å². The van der Waals surface area contributed by atoms with Crippen LogP contribution < -0.4 is 10.6 Å². The summed E-state index contributed by atoms with van der Waals surface area (Å²) in [7, 11) is 0. The van der Waals surface area contributed by atoms with E-state index in [1.807, 2.05) is 6.92 Å². The molecule has 1 rings (SSSR count). The fraction of sp³-hybridized carbons (Fsp3) is 0.636. The molecular formula is C11H20N4. The molecule has 0 atom stereocenters. The summed E-state index contributed by atoms with van der Waals surface area (Å²) in [5.41, 5.74) is 6.57. The number of hydrogen-bond acceptors (Lipinski definition) is 4. The van der Waals surface area contributed by atoms with Crippen molar-refractivity contribution >= 4 is 5.82 Å². The summed E-state index contributed by atoms with van der Waals surface area (Å²) < 4.78 is 0. The van der Waals surface area contributed by atoms with Gasteiger partial charge in [-0.2, -0.15) is 0 Å². The highest BCUT2D eigenvalue weighted by Gasteiger charge is 2.09. The normalized spacial score (nSPS) is 10.3. The lowest BCUT2D eigenvalue weighted by Crippen LogP contribution is -2.31. The van der Waals surface area contributed by atoms with Crippen LogP contribution in [-0.2, 0) is 0 Å². The first-order chi connectivity index (χ1) is 7.29. The van der Waals surface area contributed by atoms with Gasteiger partial charge in [-0.15, -0.1) is 0 Å². The average Bonchev–Trinajstić information content (AvgIpc) is 2.25. The molecule has 0 aliphatic rings. The second-order valence-corrected chi connectivity index (χ2v) is 3.59. The molecule has 15 heavy (non-hydrogen) atoms. The molecule has 0 radical (unpaired) electrons. The minimum Gasteiger partial charge on any atom is -0.354 e. The van der Waals surface area contributed by atoms with Crippen LogP contribution in [0.1, 0.15) is 25.5 Å². The molecule has 84 valence electrons. The summed E-state index contributed by atoms with van der Waals surface area (Å²) in [6.45, 7) is 6.68. The molecular weight excluding hydrogens is 188 g/mol. The van der Waals surface area contributed by atoms with Gasteiger partial charge in [0.2, 0.25) is 0 Å². The molecule has 0 spiro atoms. The summed E-state index contributed by atoms with van der Waals surface area (Å²) in [6.07, 6.45) is 5.80. The van der Waals surface area contributed by atoms with Gasteiger partial charge in [0.05, 0.1) is 5.69 Å². The number of nitrogens with zero attached hydrogens (tertiary/aromatic N) is 3. The van der Waals surface area contributed by atoms with Gasteiger partial charge in [0.15, 0.2) is 0 Å². The standard InChI is InChI=1S/C11H20N4/c1-3-4-8-15(9-5-12)11-10(2)13-6-7-14-11/h6-7H,3-5,8-9,12H2,1-2H3. The highest BCUT2D eigenvalue weighted by Crippen LogP contribution is 2.13. The Morgan fingerprint density at radius 3 is 2.60 bits per heavy atom. The van der Waals surface area contributed by atoms with Crippen molar-refractivity contribution in [2.75, 3.05) is 24.5 Å². The van der Waals surface area contributed by atoms with E-state index in [2.05, 4.69) is 21.8 Å². The van der Waals surface area contributed by atoms with E-state index in [1.54, 1.807) is 12.4 Å². The fourth-order valence-corrected chi connectivity index (χ4v) is 1.54. The van der Waals surface area contributed by atoms with Gasteiger partial charge in [0.1, 0.15) is 5.82 Å². The predicted octanol–water partition coefficient (Wildman–Crippen LogP) is 1.35. The van der Waals surface area contributed by atoms with E-state index in [9.17, 15) is 0 Å². The Morgan fingerprint density at radius 2 is 2.00 bits per heavy atom. The zero-order chi connectivity index (χ0) is 11.1. The van der Waals surface area contributed by atoms with Gasteiger partial charge in [-0.05, 0) is 13.3 Å². The first kappa shape index (κ1) is 11.9. The maximum Gasteiger partial charge on any atom is 0.150 e. The molecule has 4 heteroatoms. The number of nitrogens with two attached hydrogens (primary N) is 1. The average molecular weight is 208 g/mol. The first-order valence-corrected chi connectivity index (χ1v) is 5.52. The second kappa shape index (κ2) is 6.35. The smallest absolute Gasteiger partial charge is 0.150 e. The SMILES string of the molecule is CCCCN(CCN)c1nccnc1C. The molecule has 0 fully saturated rings. The van der Waals surface area contributed by atoms with E-state index in [0.717, 1.165) is 31.0 Å². The number of anilines is 1. The van der Waals surface area contributed by atoms with E-state index in [1.165, 1.54) is 6.42 Å². The van der Waals surface area contributed by atoms with Gasteiger partial charge >= 0.3 is 0 Å². The van der Waals surface area contributed by atoms with Crippen LogP contribution >= 0.6 is 0 Å². The third kappa shape index (κ3) is 3.47. The van der Waals surface area contributed by atoms with Crippen molar-refractivity contribution in [3.05, 3.63) is 18.1 Å². The van der Waals surface area contributed by atoms with Crippen LogP contribution in [0.25, 0.3) is 0 Å². The van der Waals surface area contributed by atoms with Crippen LogP contribution in [0, 0.1) is 6.92 Å². The molecule has 2 N–H and O–H groups in total. The zero-order valence-electron chi connectivity index (χ0n) is 9.61. The lowest BCUT2D eigenvalue weighted by atomic mass is 10.3. The maximum atomic E-state index is 5.60. The van der Waals surface area contributed by atoms with Crippen LogP contribution in [0.2, 0.25) is 0 Å². The number of aryl methyl sites for hydroxylation is 1. The lowest BCUT2D eigenvalue weighted by molar-refractivity contribution is 0.703. The minimum absolute atomic E-state index is 0.653. The zero-order valence-corrected chi connectivity index (χ0v) is 9.61. The molecule has 0 saturated carbocycles. The molecule has 0 aliphatic heterocycles. The van der Waals surface area contributed by atoms with Crippen LogP contribution in [0.5, 0.6) is 0 Å². The third-order valence-corrected chi connectivity index (χ3v) is 2.34. The predicted molar refractivity (Wildman–Crippen MR) is 62.9 cm³/mol. The first-order valence-electron chi connectivity index (χ1n) is 5.52. The van der Waals surface area contributed by atoms with E-state index in [4.69, 9.17) is 5.73 Å². The number of hydrogen-bond donors (Lipinski definition) is 1. The van der Waals surface area contributed by atoms with Gasteiger partial charge < -0.3 is 10.6 Å². The Hall–Kier alpha value is -1.16. The van der Waals surface area contributed by atoms with Crippen LogP contribution in [0.3, 0.4) is 0 Å². The Bertz CT molecular complexity index is 288. The molecule has 0 aliphatic carbocycles. The van der Waals surface area contributed by atoms with Gasteiger partial charge in [-0.25, -0.2) is 4.98 Å². The molecule has 1 aromatic rings. The quantitative estimate of drug-likeness (QED) is 0.766. The molecule has 0 saturated heterocycles. The molecule has 0 aromatic carbocycles. The molecule has 1 aromatic heterocycles. The largest absolute Gasteiger partial charge is 0.354 e. The molecule has 4 nitrogen and oxygen atoms in total. The Balaban J connectivity index is 2.74. The Morgan fingerprint density at radius 1 is 1.27 bits per heavy atom. The van der Waals surface area contributed by atoms with Crippen molar-refractivity contribution in [2.24, 2.45) is 5.73 Å². The van der Waals surface area contributed by atoms with Gasteiger partial charge in [0, 0.05) is 32.0 Å². The summed E-state index contributed by atoms with van der Waals surface area (Å²) >= 11 is 0. The van der Waals surface area contributed by atoms with E-state index < -0.39 is 0 Å². The highest BCUT2D eigenvalue weighted by molar-refractivity contribution is 5.42. The summed E-state index contributed by atoms with van der Waals surface area (Å²) in [5.74, 6) is 0.969. The molecule has 0 unspecified atom stereocenters. The van der Waals surface area contributed by atoms with Crippen LogP contribution in [0.15, 0.2) is 12.4 Å². The summed E-state index contributed by atoms with van der Waals surface area (Å²) in [5, 5.41) is 0. The number of unbranched alkanes of at least 4 members (excludes halogenated alkanes) is 1. The molecule has 1 heterocycles. The van der Waals surface area contributed by atoms with Crippen molar-refractivity contribution in [2.45, 2.75) is 26.7 Å². The van der Waals surface area contributed by atoms with Crippen molar-refractivity contribution < 1.29 is 0 Å². The third-order valence-electron chi connectivity index (χ3n) is 2.34.